The number of nitrogens with zero attached hydrogens (tertiary/aromatic N) is 2. The fourth-order valence-corrected chi connectivity index (χ4v) is 2.47. The van der Waals surface area contributed by atoms with E-state index in [0.29, 0.717) is 11.6 Å². The lowest BCUT2D eigenvalue weighted by molar-refractivity contribution is -0.111. The summed E-state index contributed by atoms with van der Waals surface area (Å²) in [5, 5.41) is 11.1. The lowest BCUT2D eigenvalue weighted by Crippen LogP contribution is -2.08. The fraction of sp³-hybridized carbons (Fsp3) is 0.267. The molecular weight excluding hydrogens is 378 g/mol. The van der Waals surface area contributed by atoms with E-state index in [2.05, 4.69) is 25.0 Å². The Hall–Kier alpha value is -2.69. The number of alkyl halides is 4. The summed E-state index contributed by atoms with van der Waals surface area (Å²) in [6.07, 6.45) is 2.93. The number of aromatic nitrogens is 2. The molecule has 2 aromatic rings. The molecule has 140 valence electrons. The second kappa shape index (κ2) is 9.13. The Morgan fingerprint density at radius 3 is 2.58 bits per heavy atom. The smallest absolute Gasteiger partial charge is 0.387 e. The van der Waals surface area contributed by atoms with Gasteiger partial charge in [-0.1, -0.05) is 18.3 Å². The molecular formula is C15H13F4N3O3S. The quantitative estimate of drug-likeness (QED) is 0.545. The summed E-state index contributed by atoms with van der Waals surface area (Å²) in [6.45, 7) is -4.40. The van der Waals surface area contributed by atoms with Gasteiger partial charge in [0.15, 0.2) is 0 Å². The molecule has 0 atom stereocenters. The molecule has 1 aromatic carbocycles. The third-order valence-electron chi connectivity index (χ3n) is 2.84. The predicted molar refractivity (Wildman–Crippen MR) is 86.7 cm³/mol. The van der Waals surface area contributed by atoms with Crippen LogP contribution in [0.3, 0.4) is 0 Å². The maximum Gasteiger partial charge on any atom is 0.387 e. The first kappa shape index (κ1) is 19.6. The van der Waals surface area contributed by atoms with Gasteiger partial charge in [0.25, 0.3) is 0 Å². The van der Waals surface area contributed by atoms with Gasteiger partial charge in [-0.15, -0.1) is 10.2 Å². The Kier molecular flexibility index (Phi) is 6.89. The van der Waals surface area contributed by atoms with Crippen LogP contribution in [0, 0.1) is 0 Å². The molecule has 2 rings (SSSR count). The van der Waals surface area contributed by atoms with Gasteiger partial charge >= 0.3 is 13.2 Å². The lowest BCUT2D eigenvalue weighted by Gasteiger charge is -2.11. The van der Waals surface area contributed by atoms with Crippen LogP contribution in [0.4, 0.5) is 22.7 Å². The van der Waals surface area contributed by atoms with Crippen molar-refractivity contribution in [3.8, 4) is 11.5 Å². The molecule has 1 heterocycles. The Labute approximate surface area is 149 Å². The van der Waals surface area contributed by atoms with Gasteiger partial charge in [0.2, 0.25) is 11.0 Å². The minimum Gasteiger partial charge on any atom is -0.435 e. The number of benzene rings is 1. The summed E-state index contributed by atoms with van der Waals surface area (Å²) >= 11 is 1.20. The molecule has 0 fully saturated rings. The normalized spacial score (nSPS) is 11.3. The van der Waals surface area contributed by atoms with Crippen LogP contribution in [0.2, 0.25) is 0 Å². The average Bonchev–Trinajstić information content (AvgIpc) is 3.00. The largest absolute Gasteiger partial charge is 0.435 e. The van der Waals surface area contributed by atoms with E-state index >= 15 is 0 Å². The number of carbonyl (C=O) groups is 1. The van der Waals surface area contributed by atoms with Gasteiger partial charge in [-0.2, -0.15) is 17.6 Å². The van der Waals surface area contributed by atoms with Crippen molar-refractivity contribution in [3.63, 3.8) is 0 Å². The molecule has 0 spiro atoms. The van der Waals surface area contributed by atoms with Gasteiger partial charge in [0.1, 0.15) is 16.5 Å². The summed E-state index contributed by atoms with van der Waals surface area (Å²) < 4.78 is 57.8. The minimum atomic E-state index is -3.17. The Balaban J connectivity index is 2.12. The van der Waals surface area contributed by atoms with Crippen LogP contribution in [0.15, 0.2) is 24.3 Å². The molecule has 0 saturated carbocycles. The van der Waals surface area contributed by atoms with Crippen LogP contribution in [0.5, 0.6) is 11.5 Å². The highest BCUT2D eigenvalue weighted by Gasteiger charge is 2.12. The van der Waals surface area contributed by atoms with Gasteiger partial charge < -0.3 is 9.47 Å². The van der Waals surface area contributed by atoms with Crippen LogP contribution in [0.1, 0.15) is 17.5 Å². The van der Waals surface area contributed by atoms with E-state index in [4.69, 9.17) is 0 Å². The van der Waals surface area contributed by atoms with Crippen molar-refractivity contribution in [1.82, 2.24) is 10.2 Å². The maximum absolute atomic E-state index is 12.5. The van der Waals surface area contributed by atoms with E-state index in [9.17, 15) is 22.4 Å². The average molecular weight is 391 g/mol. The zero-order chi connectivity index (χ0) is 19.1. The molecule has 1 amide bonds. The third-order valence-corrected chi connectivity index (χ3v) is 3.82. The highest BCUT2D eigenvalue weighted by Crippen LogP contribution is 2.28. The maximum atomic E-state index is 12.5. The number of amides is 1. The Bertz CT molecular complexity index is 783. The Morgan fingerprint density at radius 2 is 1.96 bits per heavy atom. The van der Waals surface area contributed by atoms with Gasteiger partial charge in [-0.3, -0.25) is 10.1 Å². The van der Waals surface area contributed by atoms with E-state index in [0.717, 1.165) is 23.2 Å². The van der Waals surface area contributed by atoms with E-state index < -0.39 is 24.9 Å². The number of rotatable bonds is 8. The van der Waals surface area contributed by atoms with Crippen LogP contribution in [-0.4, -0.2) is 29.3 Å². The van der Waals surface area contributed by atoms with Gasteiger partial charge in [-0.05, 0) is 24.6 Å². The Morgan fingerprint density at radius 1 is 1.23 bits per heavy atom. The van der Waals surface area contributed by atoms with Crippen LogP contribution in [-0.2, 0) is 11.2 Å². The van der Waals surface area contributed by atoms with Gasteiger partial charge in [-0.25, -0.2) is 0 Å². The van der Waals surface area contributed by atoms with Crippen molar-refractivity contribution in [2.45, 2.75) is 26.6 Å². The first-order valence-corrected chi connectivity index (χ1v) is 8.04. The summed E-state index contributed by atoms with van der Waals surface area (Å²) in [7, 11) is 0. The van der Waals surface area contributed by atoms with Crippen molar-refractivity contribution in [1.29, 1.82) is 0 Å². The van der Waals surface area contributed by atoms with E-state index in [1.54, 1.807) is 0 Å². The first-order valence-electron chi connectivity index (χ1n) is 7.22. The summed E-state index contributed by atoms with van der Waals surface area (Å²) in [5.74, 6) is -1.33. The molecule has 11 heteroatoms. The molecule has 1 aromatic heterocycles. The van der Waals surface area contributed by atoms with Crippen molar-refractivity contribution >= 4 is 28.5 Å². The minimum absolute atomic E-state index is 0.0774. The number of anilines is 1. The predicted octanol–water partition coefficient (Wildman–Crippen LogP) is 3.96. The third kappa shape index (κ3) is 5.99. The van der Waals surface area contributed by atoms with Crippen molar-refractivity contribution < 1.29 is 31.8 Å². The molecule has 0 bridgehead atoms. The number of aryl methyl sites for hydroxylation is 1. The molecule has 0 aliphatic carbocycles. The molecule has 0 aliphatic rings. The molecule has 1 N–H and O–H groups in total. The number of ether oxygens (including phenoxy) is 2. The number of hydrogen-bond acceptors (Lipinski definition) is 6. The zero-order valence-corrected chi connectivity index (χ0v) is 14.1. The SMILES string of the molecule is CCc1nnc(NC(=O)C=Cc2ccc(OC(F)F)cc2OC(F)F)s1. The second-order valence-electron chi connectivity index (χ2n) is 4.63. The monoisotopic (exact) mass is 391 g/mol. The summed E-state index contributed by atoms with van der Waals surface area (Å²) in [6, 6.07) is 3.23. The molecule has 6 nitrogen and oxygen atoms in total. The standard InChI is InChI=1S/C15H13F4N3O3S/c1-2-12-21-22-15(26-12)20-11(23)6-4-8-3-5-9(24-13(16)17)7-10(8)25-14(18)19/h3-7,13-14H,2H2,1H3,(H,20,22,23). The molecule has 0 aliphatic heterocycles. The fourth-order valence-electron chi connectivity index (χ4n) is 1.79. The lowest BCUT2D eigenvalue weighted by atomic mass is 10.1. The number of halogens is 4. The second-order valence-corrected chi connectivity index (χ2v) is 5.70. The van der Waals surface area contributed by atoms with Gasteiger partial charge in [0.05, 0.1) is 0 Å². The topological polar surface area (TPSA) is 73.3 Å². The van der Waals surface area contributed by atoms with Crippen molar-refractivity contribution in [2.75, 3.05) is 5.32 Å². The van der Waals surface area contributed by atoms with E-state index in [1.807, 2.05) is 6.92 Å². The molecule has 0 unspecified atom stereocenters. The van der Waals surface area contributed by atoms with Crippen molar-refractivity contribution in [3.05, 3.63) is 34.8 Å². The first-order chi connectivity index (χ1) is 12.4. The summed E-state index contributed by atoms with van der Waals surface area (Å²) in [5.41, 5.74) is 0.0774. The molecule has 0 saturated heterocycles. The van der Waals surface area contributed by atoms with Crippen LogP contribution >= 0.6 is 11.3 Å². The number of hydrogen-bond donors (Lipinski definition) is 1. The van der Waals surface area contributed by atoms with E-state index in [1.165, 1.54) is 23.5 Å². The molecule has 26 heavy (non-hydrogen) atoms. The van der Waals surface area contributed by atoms with E-state index in [-0.39, 0.29) is 11.3 Å². The number of carbonyl (C=O) groups excluding carboxylic acids is 1. The summed E-state index contributed by atoms with van der Waals surface area (Å²) in [4.78, 5) is 11.9. The number of nitrogens with one attached hydrogen (secondary N) is 1. The highest BCUT2D eigenvalue weighted by atomic mass is 32.1. The zero-order valence-electron chi connectivity index (χ0n) is 13.3. The van der Waals surface area contributed by atoms with Gasteiger partial charge in [0, 0.05) is 17.7 Å². The van der Waals surface area contributed by atoms with Crippen molar-refractivity contribution in [2.24, 2.45) is 0 Å². The van der Waals surface area contributed by atoms with Crippen LogP contribution in [0.25, 0.3) is 6.08 Å². The molecule has 0 radical (unpaired) electrons. The highest BCUT2D eigenvalue weighted by molar-refractivity contribution is 7.15. The van der Waals surface area contributed by atoms with Crippen LogP contribution < -0.4 is 14.8 Å².